The molecule has 9 heteroatoms. The zero-order valence-corrected chi connectivity index (χ0v) is 19.7. The SMILES string of the molecule is CCC(C)C.CCCC.CN=C(Oc1c(F)c(F)c(F)c(F)c1F)c1ccc(NC=O)cc1. The molecule has 2 aromatic carbocycles. The van der Waals surface area contributed by atoms with E-state index in [0.717, 1.165) is 5.92 Å². The third-order valence-electron chi connectivity index (χ3n) is 4.25. The first kappa shape index (κ1) is 30.0. The van der Waals surface area contributed by atoms with Crippen LogP contribution in [0.4, 0.5) is 27.6 Å². The van der Waals surface area contributed by atoms with E-state index in [1.807, 2.05) is 0 Å². The molecule has 0 aromatic heterocycles. The van der Waals surface area contributed by atoms with Gasteiger partial charge in [-0.15, -0.1) is 0 Å². The number of halogens is 5. The summed E-state index contributed by atoms with van der Waals surface area (Å²) < 4.78 is 71.4. The van der Waals surface area contributed by atoms with Crippen LogP contribution in [0.15, 0.2) is 29.3 Å². The summed E-state index contributed by atoms with van der Waals surface area (Å²) in [4.78, 5) is 13.9. The molecule has 0 bridgehead atoms. The molecule has 0 fully saturated rings. The minimum atomic E-state index is -2.28. The minimum absolute atomic E-state index is 0.192. The van der Waals surface area contributed by atoms with Crippen LogP contribution >= 0.6 is 0 Å². The van der Waals surface area contributed by atoms with Gasteiger partial charge in [-0.3, -0.25) is 9.79 Å². The predicted molar refractivity (Wildman–Crippen MR) is 121 cm³/mol. The summed E-state index contributed by atoms with van der Waals surface area (Å²) in [5.74, 6) is -11.7. The third-order valence-corrected chi connectivity index (χ3v) is 4.25. The number of rotatable bonds is 6. The first-order valence-electron chi connectivity index (χ1n) is 10.6. The smallest absolute Gasteiger partial charge is 0.222 e. The van der Waals surface area contributed by atoms with Crippen LogP contribution < -0.4 is 10.1 Å². The van der Waals surface area contributed by atoms with E-state index < -0.39 is 34.8 Å². The molecule has 184 valence electrons. The van der Waals surface area contributed by atoms with Crippen molar-refractivity contribution in [1.29, 1.82) is 0 Å². The lowest BCUT2D eigenvalue weighted by molar-refractivity contribution is -0.105. The number of carbonyl (C=O) groups excluding carboxylic acids is 1. The quantitative estimate of drug-likeness (QED) is 0.120. The fraction of sp³-hybridized carbons (Fsp3) is 0.417. The van der Waals surface area contributed by atoms with Gasteiger partial charge in [-0.2, -0.15) is 8.78 Å². The highest BCUT2D eigenvalue weighted by Crippen LogP contribution is 2.30. The topological polar surface area (TPSA) is 50.7 Å². The number of benzene rings is 2. The van der Waals surface area contributed by atoms with Crippen molar-refractivity contribution in [3.63, 3.8) is 0 Å². The van der Waals surface area contributed by atoms with Crippen molar-refractivity contribution in [2.24, 2.45) is 10.9 Å². The molecule has 2 rings (SSSR count). The third kappa shape index (κ3) is 9.59. The van der Waals surface area contributed by atoms with Crippen LogP contribution in [-0.4, -0.2) is 19.4 Å². The Morgan fingerprint density at radius 3 is 1.67 bits per heavy atom. The van der Waals surface area contributed by atoms with E-state index in [1.54, 1.807) is 0 Å². The van der Waals surface area contributed by atoms with E-state index in [0.29, 0.717) is 12.1 Å². The van der Waals surface area contributed by atoms with Crippen molar-refractivity contribution in [3.8, 4) is 5.75 Å². The number of amides is 1. The summed E-state index contributed by atoms with van der Waals surface area (Å²) in [6, 6.07) is 5.61. The van der Waals surface area contributed by atoms with Crippen molar-refractivity contribution >= 4 is 18.0 Å². The lowest BCUT2D eigenvalue weighted by atomic mass is 10.2. The fourth-order valence-electron chi connectivity index (χ4n) is 1.78. The molecule has 0 heterocycles. The first-order chi connectivity index (χ1) is 15.6. The highest BCUT2D eigenvalue weighted by Gasteiger charge is 2.28. The Bertz CT molecular complexity index is 870. The zero-order valence-electron chi connectivity index (χ0n) is 19.7. The van der Waals surface area contributed by atoms with Gasteiger partial charge in [-0.25, -0.2) is 13.2 Å². The first-order valence-corrected chi connectivity index (χ1v) is 10.6. The van der Waals surface area contributed by atoms with Crippen LogP contribution in [0, 0.1) is 35.0 Å². The Labute approximate surface area is 191 Å². The molecule has 1 amide bonds. The van der Waals surface area contributed by atoms with Gasteiger partial charge in [0.1, 0.15) is 0 Å². The summed E-state index contributed by atoms with van der Waals surface area (Å²) in [6.45, 7) is 11.0. The van der Waals surface area contributed by atoms with Gasteiger partial charge in [0, 0.05) is 18.3 Å². The summed E-state index contributed by atoms with van der Waals surface area (Å²) in [6.07, 6.45) is 4.38. The summed E-state index contributed by atoms with van der Waals surface area (Å²) in [5, 5.41) is 2.36. The molecule has 0 saturated heterocycles. The molecular weight excluding hydrogens is 443 g/mol. The van der Waals surface area contributed by atoms with Gasteiger partial charge >= 0.3 is 0 Å². The molecule has 0 saturated carbocycles. The Kier molecular flexibility index (Phi) is 14.4. The van der Waals surface area contributed by atoms with Crippen molar-refractivity contribution < 1.29 is 31.5 Å². The van der Waals surface area contributed by atoms with Crippen molar-refractivity contribution in [1.82, 2.24) is 0 Å². The zero-order chi connectivity index (χ0) is 25.6. The molecule has 2 aromatic rings. The van der Waals surface area contributed by atoms with Crippen LogP contribution in [0.25, 0.3) is 0 Å². The summed E-state index contributed by atoms with van der Waals surface area (Å²) in [7, 11) is 1.21. The van der Waals surface area contributed by atoms with Crippen LogP contribution in [0.2, 0.25) is 0 Å². The average Bonchev–Trinajstić information content (AvgIpc) is 2.83. The maximum absolute atomic E-state index is 13.6. The fourth-order valence-corrected chi connectivity index (χ4v) is 1.78. The van der Waals surface area contributed by atoms with Crippen LogP contribution in [0.3, 0.4) is 0 Å². The van der Waals surface area contributed by atoms with Gasteiger partial charge in [0.15, 0.2) is 0 Å². The Morgan fingerprint density at radius 2 is 1.33 bits per heavy atom. The van der Waals surface area contributed by atoms with E-state index >= 15 is 0 Å². The number of unbranched alkanes of at least 4 members (excludes halogenated alkanes) is 1. The van der Waals surface area contributed by atoms with E-state index in [1.165, 1.54) is 50.6 Å². The predicted octanol–water partition coefficient (Wildman–Crippen LogP) is 7.26. The molecule has 4 nitrogen and oxygen atoms in total. The van der Waals surface area contributed by atoms with Gasteiger partial charge in [0.2, 0.25) is 47.1 Å². The number of ether oxygens (including phenoxy) is 1. The Morgan fingerprint density at radius 1 is 0.909 bits per heavy atom. The summed E-state index contributed by atoms with van der Waals surface area (Å²) >= 11 is 0. The molecule has 33 heavy (non-hydrogen) atoms. The van der Waals surface area contributed by atoms with E-state index in [9.17, 15) is 26.7 Å². The minimum Gasteiger partial charge on any atom is -0.432 e. The standard InChI is InChI=1S/C15H9F5N2O2.C5H12.C4H10/c1-21-15(7-2-4-8(5-3-7)22-6-23)24-14-12(19)10(17)9(16)11(18)13(14)20;1-4-5(2)3;1-3-4-2/h2-6H,1H3,(H,22,23);5H,4H2,1-3H3;3-4H2,1-2H3. The molecule has 1 N–H and O–H groups in total. The van der Waals surface area contributed by atoms with Gasteiger partial charge in [-0.05, 0) is 30.2 Å². The highest BCUT2D eigenvalue weighted by molar-refractivity contribution is 5.96. The Balaban J connectivity index is 0.000000968. The normalized spacial score (nSPS) is 10.6. The molecular formula is C24H31F5N2O2. The van der Waals surface area contributed by atoms with Gasteiger partial charge in [0.25, 0.3) is 0 Å². The van der Waals surface area contributed by atoms with Gasteiger partial charge < -0.3 is 10.1 Å². The second-order valence-corrected chi connectivity index (χ2v) is 7.17. The van der Waals surface area contributed by atoms with Gasteiger partial charge in [0.05, 0.1) is 0 Å². The highest BCUT2D eigenvalue weighted by atomic mass is 19.2. The number of anilines is 1. The average molecular weight is 475 g/mol. The maximum atomic E-state index is 13.6. The molecule has 0 aliphatic heterocycles. The number of aliphatic imine (C=N–C) groups is 1. The van der Waals surface area contributed by atoms with Crippen molar-refractivity contribution in [3.05, 3.63) is 58.9 Å². The second-order valence-electron chi connectivity index (χ2n) is 7.17. The molecule has 0 spiro atoms. The molecule has 0 radical (unpaired) electrons. The van der Waals surface area contributed by atoms with Crippen LogP contribution in [0.5, 0.6) is 5.75 Å². The molecule has 0 aliphatic rings. The Hall–Kier alpha value is -2.97. The maximum Gasteiger partial charge on any atom is 0.222 e. The number of hydrogen-bond donors (Lipinski definition) is 1. The van der Waals surface area contributed by atoms with E-state index in [-0.39, 0.29) is 11.5 Å². The lowest BCUT2D eigenvalue weighted by Gasteiger charge is -2.12. The van der Waals surface area contributed by atoms with Crippen LogP contribution in [0.1, 0.15) is 59.4 Å². The van der Waals surface area contributed by atoms with E-state index in [4.69, 9.17) is 4.74 Å². The molecule has 0 aliphatic carbocycles. The number of nitrogens with zero attached hydrogens (tertiary/aromatic N) is 1. The van der Waals surface area contributed by atoms with E-state index in [2.05, 4.69) is 44.9 Å². The lowest BCUT2D eigenvalue weighted by Crippen LogP contribution is -2.15. The van der Waals surface area contributed by atoms with Crippen molar-refractivity contribution in [2.75, 3.05) is 12.4 Å². The molecule has 0 unspecified atom stereocenters. The monoisotopic (exact) mass is 474 g/mol. The summed E-state index contributed by atoms with van der Waals surface area (Å²) in [5.41, 5.74) is 0.610. The second kappa shape index (κ2) is 15.8. The number of nitrogens with one attached hydrogen (secondary N) is 1. The van der Waals surface area contributed by atoms with Crippen LogP contribution in [-0.2, 0) is 4.79 Å². The number of carbonyl (C=O) groups is 1. The largest absolute Gasteiger partial charge is 0.432 e. The van der Waals surface area contributed by atoms with Crippen molar-refractivity contribution in [2.45, 2.75) is 53.9 Å². The van der Waals surface area contributed by atoms with Gasteiger partial charge in [-0.1, -0.05) is 53.9 Å². The molecule has 0 atom stereocenters. The number of hydrogen-bond acceptors (Lipinski definition) is 3.